The Morgan fingerprint density at radius 1 is 0.427 bits per heavy atom. The number of aliphatic hydroxyl groups excluding tert-OH is 5. The van der Waals surface area contributed by atoms with Gasteiger partial charge in [-0.2, -0.15) is 0 Å². The summed E-state index contributed by atoms with van der Waals surface area (Å²) >= 11 is 0. The Morgan fingerprint density at radius 3 is 1.12 bits per heavy atom. The maximum absolute atomic E-state index is 13.2. The summed E-state index contributed by atoms with van der Waals surface area (Å²) in [5, 5.41) is 55.0. The molecule has 6 N–H and O–H groups in total. The number of aliphatic hydroxyl groups is 5. The minimum absolute atomic E-state index is 0.135. The number of hydrogen-bond donors (Lipinski definition) is 6. The molecule has 1 amide bonds. The lowest BCUT2D eigenvalue weighted by Gasteiger charge is -2.40. The lowest BCUT2D eigenvalue weighted by molar-refractivity contribution is -0.302. The van der Waals surface area contributed by atoms with Crippen LogP contribution < -0.4 is 5.32 Å². The second-order valence-corrected chi connectivity index (χ2v) is 25.0. The van der Waals surface area contributed by atoms with Crippen molar-refractivity contribution in [2.75, 3.05) is 13.2 Å². The van der Waals surface area contributed by atoms with Crippen molar-refractivity contribution in [2.24, 2.45) is 0 Å². The molecule has 1 saturated heterocycles. The Balaban J connectivity index is 2.10. The van der Waals surface area contributed by atoms with E-state index in [0.29, 0.717) is 12.8 Å². The molecule has 0 aromatic rings. The van der Waals surface area contributed by atoms with Crippen LogP contribution in [0.4, 0.5) is 0 Å². The molecule has 1 rings (SSSR count). The van der Waals surface area contributed by atoms with Gasteiger partial charge in [-0.05, 0) is 51.4 Å². The number of amides is 1. The monoisotopic (exact) mass is 1160 g/mol. The van der Waals surface area contributed by atoms with E-state index in [2.05, 4.69) is 67.8 Å². The third kappa shape index (κ3) is 50.3. The summed E-state index contributed by atoms with van der Waals surface area (Å²) in [6.07, 6.45) is 77.6. The Morgan fingerprint density at radius 2 is 0.756 bits per heavy atom. The summed E-state index contributed by atoms with van der Waals surface area (Å²) in [4.78, 5) is 13.2. The average Bonchev–Trinajstić information content (AvgIpc) is 3.52. The van der Waals surface area contributed by atoms with Gasteiger partial charge >= 0.3 is 0 Å². The first-order valence-corrected chi connectivity index (χ1v) is 35.8. The van der Waals surface area contributed by atoms with E-state index in [0.717, 1.165) is 64.2 Å². The summed E-state index contributed by atoms with van der Waals surface area (Å²) in [5.74, 6) is -0.138. The first-order chi connectivity index (χ1) is 40.3. The summed E-state index contributed by atoms with van der Waals surface area (Å²) < 4.78 is 11.4. The van der Waals surface area contributed by atoms with Crippen molar-refractivity contribution in [3.63, 3.8) is 0 Å². The minimum Gasteiger partial charge on any atom is -0.394 e. The van der Waals surface area contributed by atoms with Crippen LogP contribution in [0.5, 0.6) is 0 Å². The molecular weight excluding hydrogens is 1020 g/mol. The smallest absolute Gasteiger partial charge is 0.220 e. The Hall–Kier alpha value is -1.85. The van der Waals surface area contributed by atoms with E-state index < -0.39 is 49.5 Å². The molecule has 1 heterocycles. The first kappa shape index (κ1) is 78.2. The maximum atomic E-state index is 13.2. The van der Waals surface area contributed by atoms with Gasteiger partial charge in [-0.3, -0.25) is 4.79 Å². The Labute approximate surface area is 507 Å². The van der Waals surface area contributed by atoms with Crippen molar-refractivity contribution in [2.45, 2.75) is 397 Å². The van der Waals surface area contributed by atoms with Gasteiger partial charge in [0.15, 0.2) is 6.29 Å². The number of carbonyl (C=O) groups excluding carboxylic acids is 1. The van der Waals surface area contributed by atoms with Crippen LogP contribution in [0.1, 0.15) is 354 Å². The van der Waals surface area contributed by atoms with E-state index in [1.807, 2.05) is 0 Å². The molecule has 0 aliphatic carbocycles. The summed E-state index contributed by atoms with van der Waals surface area (Å²) in [7, 11) is 0. The quantitative estimate of drug-likeness (QED) is 0.0261. The molecule has 0 bridgehead atoms. The number of ether oxygens (including phenoxy) is 2. The van der Waals surface area contributed by atoms with Crippen LogP contribution in [0, 0.1) is 0 Å². The molecular formula is C73H137NO8. The van der Waals surface area contributed by atoms with Crippen LogP contribution in [0.15, 0.2) is 48.6 Å². The molecule has 1 aliphatic heterocycles. The highest BCUT2D eigenvalue weighted by atomic mass is 16.7. The number of unbranched alkanes of at least 4 members (excludes halogenated alkanes) is 45. The molecule has 9 heteroatoms. The minimum atomic E-state index is -1.55. The fourth-order valence-corrected chi connectivity index (χ4v) is 11.6. The van der Waals surface area contributed by atoms with Crippen molar-refractivity contribution in [3.05, 3.63) is 48.6 Å². The van der Waals surface area contributed by atoms with Crippen LogP contribution in [-0.4, -0.2) is 87.5 Å². The van der Waals surface area contributed by atoms with Gasteiger partial charge in [-0.15, -0.1) is 0 Å². The average molecular weight is 1160 g/mol. The molecule has 482 valence electrons. The zero-order valence-corrected chi connectivity index (χ0v) is 54.0. The lowest BCUT2D eigenvalue weighted by atomic mass is 9.99. The molecule has 0 radical (unpaired) electrons. The van der Waals surface area contributed by atoms with E-state index in [4.69, 9.17) is 9.47 Å². The maximum Gasteiger partial charge on any atom is 0.220 e. The Kier molecular flexibility index (Phi) is 59.3. The van der Waals surface area contributed by atoms with Crippen LogP contribution in [0.2, 0.25) is 0 Å². The number of carbonyl (C=O) groups is 1. The number of rotatable bonds is 63. The number of nitrogens with one attached hydrogen (secondary N) is 1. The molecule has 0 aromatic heterocycles. The second-order valence-electron chi connectivity index (χ2n) is 25.0. The molecule has 0 saturated carbocycles. The number of hydrogen-bond acceptors (Lipinski definition) is 8. The van der Waals surface area contributed by atoms with Gasteiger partial charge in [-0.1, -0.05) is 345 Å². The van der Waals surface area contributed by atoms with E-state index in [-0.39, 0.29) is 12.5 Å². The normalized spacial score (nSPS) is 18.5. The van der Waals surface area contributed by atoms with Crippen molar-refractivity contribution < 1.29 is 39.8 Å². The van der Waals surface area contributed by atoms with E-state index in [1.165, 1.54) is 263 Å². The summed E-state index contributed by atoms with van der Waals surface area (Å²) in [5.41, 5.74) is 0. The van der Waals surface area contributed by atoms with Crippen LogP contribution in [0.3, 0.4) is 0 Å². The summed E-state index contributed by atoms with van der Waals surface area (Å²) in [6, 6.07) is -0.720. The predicted octanol–water partition coefficient (Wildman–Crippen LogP) is 19.6. The van der Waals surface area contributed by atoms with Crippen LogP contribution in [0.25, 0.3) is 0 Å². The zero-order valence-electron chi connectivity index (χ0n) is 54.0. The van der Waals surface area contributed by atoms with Crippen LogP contribution >= 0.6 is 0 Å². The van der Waals surface area contributed by atoms with E-state index in [1.54, 1.807) is 0 Å². The predicted molar refractivity (Wildman–Crippen MR) is 350 cm³/mol. The van der Waals surface area contributed by atoms with Gasteiger partial charge in [0.2, 0.25) is 5.91 Å². The van der Waals surface area contributed by atoms with Crippen molar-refractivity contribution in [3.8, 4) is 0 Å². The SMILES string of the molecule is CC/C=C\C/C=C\C/C=C\C/C=C\CCCCCCCCCCCCCCCCCCCCC(=O)NC(COC1OC(CO)C(O)C(O)C1O)C(O)CCCCCCCCCCCCCCCCCCCCCCCCCCCCCC. The fraction of sp³-hybridized carbons (Fsp3) is 0.877. The van der Waals surface area contributed by atoms with Gasteiger partial charge in [0.25, 0.3) is 0 Å². The highest BCUT2D eigenvalue weighted by Crippen LogP contribution is 2.24. The molecule has 0 spiro atoms. The third-order valence-electron chi connectivity index (χ3n) is 17.2. The largest absolute Gasteiger partial charge is 0.394 e. The highest BCUT2D eigenvalue weighted by Gasteiger charge is 2.44. The number of allylic oxidation sites excluding steroid dienone is 8. The van der Waals surface area contributed by atoms with Gasteiger partial charge in [0.05, 0.1) is 25.4 Å². The Bertz CT molecular complexity index is 1430. The molecule has 7 atom stereocenters. The van der Waals surface area contributed by atoms with E-state index in [9.17, 15) is 30.3 Å². The second kappa shape index (κ2) is 62.2. The van der Waals surface area contributed by atoms with Crippen LogP contribution in [-0.2, 0) is 14.3 Å². The molecule has 1 aliphatic rings. The highest BCUT2D eigenvalue weighted by molar-refractivity contribution is 5.76. The first-order valence-electron chi connectivity index (χ1n) is 35.8. The van der Waals surface area contributed by atoms with E-state index >= 15 is 0 Å². The summed E-state index contributed by atoms with van der Waals surface area (Å²) in [6.45, 7) is 3.78. The zero-order chi connectivity index (χ0) is 59.3. The topological polar surface area (TPSA) is 149 Å². The van der Waals surface area contributed by atoms with Crippen molar-refractivity contribution >= 4 is 5.91 Å². The third-order valence-corrected chi connectivity index (χ3v) is 17.2. The molecule has 0 aromatic carbocycles. The van der Waals surface area contributed by atoms with Gasteiger partial charge in [0.1, 0.15) is 24.4 Å². The lowest BCUT2D eigenvalue weighted by Crippen LogP contribution is -2.60. The fourth-order valence-electron chi connectivity index (χ4n) is 11.6. The van der Waals surface area contributed by atoms with Crippen molar-refractivity contribution in [1.29, 1.82) is 0 Å². The molecule has 7 unspecified atom stereocenters. The molecule has 9 nitrogen and oxygen atoms in total. The van der Waals surface area contributed by atoms with Gasteiger partial charge in [0, 0.05) is 6.42 Å². The van der Waals surface area contributed by atoms with Gasteiger partial charge < -0.3 is 40.3 Å². The molecule has 1 fully saturated rings. The van der Waals surface area contributed by atoms with Crippen molar-refractivity contribution in [1.82, 2.24) is 5.32 Å². The molecule has 82 heavy (non-hydrogen) atoms. The standard InChI is InChI=1S/C73H137NO8/c1-3-5-7-9-11-13-15-17-19-21-23-25-27-29-31-33-34-35-37-39-41-43-45-47-49-51-53-55-57-59-61-63-69(77)74-66(65-81-73-72(80)71(79)70(78)68(64-75)82-73)67(76)62-60-58-56-54-52-50-48-46-44-42-40-38-36-32-30-28-26-24-22-20-18-16-14-12-10-8-6-4-2/h5,7,11,13,17,19,23,25,66-68,70-73,75-76,78-80H,3-4,6,8-10,12,14-16,18,20-22,24,26-65H2,1-2H3,(H,74,77)/b7-5-,13-11-,19-17-,25-23-. The van der Waals surface area contributed by atoms with Gasteiger partial charge in [-0.25, -0.2) is 0 Å².